The summed E-state index contributed by atoms with van der Waals surface area (Å²) in [7, 11) is 0. The average molecular weight is 292 g/mol. The SMILES string of the molecule is CC(c1ccccc1)(C(F)(F)F)C(F)(F)C(F)(F)F. The molecule has 1 unspecified atom stereocenters. The summed E-state index contributed by atoms with van der Waals surface area (Å²) >= 11 is 0. The number of hydrogen-bond donors (Lipinski definition) is 0. The highest BCUT2D eigenvalue weighted by molar-refractivity contribution is 5.31. The Hall–Kier alpha value is -1.34. The molecule has 0 amide bonds. The molecule has 0 aliphatic carbocycles. The van der Waals surface area contributed by atoms with Crippen molar-refractivity contribution >= 4 is 0 Å². The van der Waals surface area contributed by atoms with Crippen molar-refractivity contribution in [2.75, 3.05) is 0 Å². The number of alkyl halides is 8. The molecule has 1 rings (SSSR count). The van der Waals surface area contributed by atoms with Gasteiger partial charge >= 0.3 is 18.3 Å². The van der Waals surface area contributed by atoms with Crippen molar-refractivity contribution in [1.82, 2.24) is 0 Å². The van der Waals surface area contributed by atoms with Gasteiger partial charge in [0.05, 0.1) is 0 Å². The predicted molar refractivity (Wildman–Crippen MR) is 50.9 cm³/mol. The molecule has 0 radical (unpaired) electrons. The van der Waals surface area contributed by atoms with Crippen molar-refractivity contribution in [3.8, 4) is 0 Å². The molecule has 0 bridgehead atoms. The van der Waals surface area contributed by atoms with Crippen LogP contribution in [0.25, 0.3) is 0 Å². The summed E-state index contributed by atoms with van der Waals surface area (Å²) < 4.78 is 102. The van der Waals surface area contributed by atoms with E-state index < -0.39 is 29.3 Å². The molecular weight excluding hydrogens is 284 g/mol. The highest BCUT2D eigenvalue weighted by Crippen LogP contribution is 2.56. The molecule has 0 aromatic heterocycles. The maximum atomic E-state index is 13.3. The van der Waals surface area contributed by atoms with E-state index in [1.54, 1.807) is 0 Å². The van der Waals surface area contributed by atoms with Crippen molar-refractivity contribution in [1.29, 1.82) is 0 Å². The predicted octanol–water partition coefficient (Wildman–Crippen LogP) is 4.70. The normalized spacial score (nSPS) is 17.1. The van der Waals surface area contributed by atoms with Gasteiger partial charge in [-0.2, -0.15) is 35.1 Å². The number of benzene rings is 1. The minimum absolute atomic E-state index is 0.157. The van der Waals surface area contributed by atoms with Gasteiger partial charge in [-0.1, -0.05) is 30.3 Å². The first-order chi connectivity index (χ1) is 8.36. The molecule has 0 saturated heterocycles. The number of halogens is 8. The molecule has 0 heterocycles. The summed E-state index contributed by atoms with van der Waals surface area (Å²) in [4.78, 5) is 0. The van der Waals surface area contributed by atoms with Crippen LogP contribution in [0, 0.1) is 0 Å². The lowest BCUT2D eigenvalue weighted by Gasteiger charge is -2.39. The molecule has 0 saturated carbocycles. The van der Waals surface area contributed by atoms with E-state index in [0.29, 0.717) is 12.1 Å². The largest absolute Gasteiger partial charge is 0.454 e. The lowest BCUT2D eigenvalue weighted by atomic mass is 9.75. The van der Waals surface area contributed by atoms with Crippen LogP contribution in [-0.4, -0.2) is 18.3 Å². The van der Waals surface area contributed by atoms with Gasteiger partial charge in [0.2, 0.25) is 0 Å². The zero-order valence-electron chi connectivity index (χ0n) is 9.41. The Bertz CT molecular complexity index is 430. The molecule has 108 valence electrons. The van der Waals surface area contributed by atoms with Gasteiger partial charge in [-0.3, -0.25) is 0 Å². The summed E-state index contributed by atoms with van der Waals surface area (Å²) in [5, 5.41) is 0. The van der Waals surface area contributed by atoms with Crippen LogP contribution in [0.1, 0.15) is 12.5 Å². The van der Waals surface area contributed by atoms with Gasteiger partial charge in [0.1, 0.15) is 0 Å². The molecule has 1 aromatic carbocycles. The van der Waals surface area contributed by atoms with Crippen LogP contribution in [0.4, 0.5) is 35.1 Å². The third kappa shape index (κ3) is 2.28. The van der Waals surface area contributed by atoms with Crippen LogP contribution < -0.4 is 0 Å². The first-order valence-electron chi connectivity index (χ1n) is 4.92. The fraction of sp³-hybridized carbons (Fsp3) is 0.455. The van der Waals surface area contributed by atoms with Gasteiger partial charge in [0.25, 0.3) is 0 Å². The lowest BCUT2D eigenvalue weighted by molar-refractivity contribution is -0.354. The fourth-order valence-electron chi connectivity index (χ4n) is 1.58. The molecule has 1 atom stereocenters. The van der Waals surface area contributed by atoms with E-state index in [1.165, 1.54) is 6.07 Å². The van der Waals surface area contributed by atoms with Gasteiger partial charge in [-0.15, -0.1) is 0 Å². The first kappa shape index (κ1) is 15.7. The molecule has 8 heteroatoms. The zero-order chi connectivity index (χ0) is 15.1. The minimum Gasteiger partial charge on any atom is -0.195 e. The summed E-state index contributed by atoms with van der Waals surface area (Å²) in [6, 6.07) is 4.32. The van der Waals surface area contributed by atoms with Gasteiger partial charge in [-0.25, -0.2) is 0 Å². The van der Waals surface area contributed by atoms with E-state index in [0.717, 1.165) is 12.1 Å². The highest BCUT2D eigenvalue weighted by atomic mass is 19.4. The first-order valence-corrected chi connectivity index (χ1v) is 4.92. The van der Waals surface area contributed by atoms with E-state index >= 15 is 0 Å². The lowest BCUT2D eigenvalue weighted by Crippen LogP contribution is -2.60. The Morgan fingerprint density at radius 3 is 1.42 bits per heavy atom. The minimum atomic E-state index is -6.31. The van der Waals surface area contributed by atoms with E-state index in [-0.39, 0.29) is 6.92 Å². The Balaban J connectivity index is 3.57. The van der Waals surface area contributed by atoms with Crippen LogP contribution in [0.15, 0.2) is 30.3 Å². The zero-order valence-corrected chi connectivity index (χ0v) is 9.41. The molecule has 0 spiro atoms. The molecule has 0 fully saturated rings. The molecule has 0 N–H and O–H groups in total. The smallest absolute Gasteiger partial charge is 0.195 e. The van der Waals surface area contributed by atoms with Crippen molar-refractivity contribution in [2.45, 2.75) is 30.6 Å². The van der Waals surface area contributed by atoms with E-state index in [4.69, 9.17) is 0 Å². The van der Waals surface area contributed by atoms with Crippen LogP contribution in [0.3, 0.4) is 0 Å². The summed E-state index contributed by atoms with van der Waals surface area (Å²) in [5.41, 5.74) is -5.50. The summed E-state index contributed by atoms with van der Waals surface area (Å²) in [6.07, 6.45) is -12.1. The van der Waals surface area contributed by atoms with Crippen molar-refractivity contribution < 1.29 is 35.1 Å². The second-order valence-corrected chi connectivity index (χ2v) is 4.06. The van der Waals surface area contributed by atoms with Crippen LogP contribution in [0.5, 0.6) is 0 Å². The van der Waals surface area contributed by atoms with Crippen molar-refractivity contribution in [2.24, 2.45) is 0 Å². The van der Waals surface area contributed by atoms with Gasteiger partial charge in [0, 0.05) is 0 Å². The van der Waals surface area contributed by atoms with Crippen LogP contribution >= 0.6 is 0 Å². The summed E-state index contributed by atoms with van der Waals surface area (Å²) in [5.74, 6) is -5.94. The third-order valence-electron chi connectivity index (χ3n) is 2.90. The van der Waals surface area contributed by atoms with E-state index in [9.17, 15) is 35.1 Å². The number of hydrogen-bond acceptors (Lipinski definition) is 0. The van der Waals surface area contributed by atoms with Crippen molar-refractivity contribution in [3.05, 3.63) is 35.9 Å². The fourth-order valence-corrected chi connectivity index (χ4v) is 1.58. The second kappa shape index (κ2) is 4.35. The monoisotopic (exact) mass is 292 g/mol. The second-order valence-electron chi connectivity index (χ2n) is 4.06. The van der Waals surface area contributed by atoms with Crippen LogP contribution in [0.2, 0.25) is 0 Å². The number of rotatable bonds is 2. The van der Waals surface area contributed by atoms with Crippen LogP contribution in [-0.2, 0) is 5.41 Å². The molecule has 0 aliphatic heterocycles. The van der Waals surface area contributed by atoms with Gasteiger partial charge in [-0.05, 0) is 12.5 Å². The molecule has 19 heavy (non-hydrogen) atoms. The third-order valence-corrected chi connectivity index (χ3v) is 2.90. The standard InChI is InChI=1S/C11H8F8/c1-8(10(14,15)16,7-5-3-2-4-6-7)9(12,13)11(17,18)19/h2-6H,1H3. The van der Waals surface area contributed by atoms with E-state index in [1.807, 2.05) is 0 Å². The Labute approximate surface area is 103 Å². The van der Waals surface area contributed by atoms with E-state index in [2.05, 4.69) is 0 Å². The van der Waals surface area contributed by atoms with Crippen molar-refractivity contribution in [3.63, 3.8) is 0 Å². The Morgan fingerprint density at radius 2 is 1.11 bits per heavy atom. The molecule has 0 aliphatic rings. The Kier molecular flexibility index (Phi) is 3.60. The summed E-state index contributed by atoms with van der Waals surface area (Å²) in [6.45, 7) is -0.157. The average Bonchev–Trinajstić information content (AvgIpc) is 2.25. The maximum absolute atomic E-state index is 13.3. The maximum Gasteiger partial charge on any atom is 0.454 e. The highest BCUT2D eigenvalue weighted by Gasteiger charge is 2.77. The molecule has 0 nitrogen and oxygen atoms in total. The molecule has 1 aromatic rings. The quantitative estimate of drug-likeness (QED) is 0.693. The Morgan fingerprint density at radius 1 is 0.684 bits per heavy atom. The van der Waals surface area contributed by atoms with Gasteiger partial charge < -0.3 is 0 Å². The molecular formula is C11H8F8. The topological polar surface area (TPSA) is 0 Å². The van der Waals surface area contributed by atoms with Gasteiger partial charge in [0.15, 0.2) is 5.41 Å².